The van der Waals surface area contributed by atoms with E-state index in [1.165, 1.54) is 6.07 Å². The summed E-state index contributed by atoms with van der Waals surface area (Å²) in [5.41, 5.74) is 6.69. The van der Waals surface area contributed by atoms with Crippen LogP contribution in [0.5, 0.6) is 0 Å². The molecule has 0 radical (unpaired) electrons. The molecule has 1 aromatic carbocycles. The van der Waals surface area contributed by atoms with Gasteiger partial charge < -0.3 is 10.3 Å². The largest absolute Gasteiger partial charge is 1.00 e. The van der Waals surface area contributed by atoms with Gasteiger partial charge in [-0.2, -0.15) is 5.10 Å². The molecule has 3 rings (SSSR count). The monoisotopic (exact) mass is 529 g/mol. The number of nitrogens with one attached hydrogen (secondary N) is 1. The maximum absolute atomic E-state index is 11.8. The average Bonchev–Trinajstić information content (AvgIpc) is 3.10. The molecule has 0 bridgehead atoms. The number of halogens is 1. The van der Waals surface area contributed by atoms with Gasteiger partial charge in [0.2, 0.25) is 15.2 Å². The van der Waals surface area contributed by atoms with Crippen LogP contribution in [0.25, 0.3) is 10.2 Å². The van der Waals surface area contributed by atoms with Crippen LogP contribution >= 0.6 is 22.9 Å². The Balaban J connectivity index is 0.00000363. The first kappa shape index (κ1) is 26.6. The number of nitrogens with zero attached hydrogens (tertiary/aromatic N) is 5. The SMILES string of the molecule is Cc1nn(CC(=O)NS(C)(=O)=O)c(N)c1N=Nc1nc2cc(Cl)c(S(=O)(=O)[O-])cc2s1.[Na+]. The van der Waals surface area contributed by atoms with Crippen LogP contribution in [-0.2, 0) is 31.5 Å². The second-order valence-electron chi connectivity index (χ2n) is 6.18. The standard InChI is InChI=1S/C14H14ClN7O6S3.Na/c1-6-12(13(16)22(20-6)5-11(23)21-30(2,24)25)18-19-14-17-8-3-7(15)10(31(26,27)28)4-9(8)29-14;/h3-4H,5,16H2,1-2H3,(H,21,23)(H,26,27,28);/q;+1/p-1. The summed E-state index contributed by atoms with van der Waals surface area (Å²) in [6.45, 7) is 1.10. The van der Waals surface area contributed by atoms with E-state index in [0.717, 1.165) is 28.3 Å². The molecule has 0 aliphatic heterocycles. The molecule has 18 heteroatoms. The normalized spacial score (nSPS) is 12.2. The molecule has 166 valence electrons. The number of azo groups is 1. The van der Waals surface area contributed by atoms with Gasteiger partial charge in [-0.05, 0) is 19.1 Å². The molecule has 13 nitrogen and oxygen atoms in total. The molecule has 0 atom stereocenters. The molecule has 0 saturated carbocycles. The Morgan fingerprint density at radius 1 is 1.31 bits per heavy atom. The Labute approximate surface area is 213 Å². The fraction of sp³-hybridized carbons (Fsp3) is 0.214. The van der Waals surface area contributed by atoms with Crippen molar-refractivity contribution < 1.29 is 55.7 Å². The molecule has 0 spiro atoms. The summed E-state index contributed by atoms with van der Waals surface area (Å²) >= 11 is 6.79. The van der Waals surface area contributed by atoms with Gasteiger partial charge in [0.05, 0.1) is 32.1 Å². The number of benzene rings is 1. The van der Waals surface area contributed by atoms with Crippen LogP contribution in [0.3, 0.4) is 0 Å². The molecule has 3 aromatic rings. The Bertz CT molecular complexity index is 1450. The topological polar surface area (TPSA) is 202 Å². The zero-order chi connectivity index (χ0) is 23.1. The number of rotatable bonds is 6. The van der Waals surface area contributed by atoms with E-state index in [1.54, 1.807) is 11.6 Å². The van der Waals surface area contributed by atoms with E-state index in [2.05, 4.69) is 20.3 Å². The number of aryl methyl sites for hydroxylation is 1. The molecule has 2 heterocycles. The fourth-order valence-corrected chi connectivity index (χ4v) is 4.82. The minimum atomic E-state index is -4.76. The minimum absolute atomic E-state index is 0. The Morgan fingerprint density at radius 2 is 1.97 bits per heavy atom. The van der Waals surface area contributed by atoms with E-state index in [1.807, 2.05) is 0 Å². The molecule has 1 amide bonds. The number of sulfonamides is 1. The average molecular weight is 530 g/mol. The van der Waals surface area contributed by atoms with E-state index >= 15 is 0 Å². The van der Waals surface area contributed by atoms with Gasteiger partial charge in [-0.25, -0.2) is 26.5 Å². The van der Waals surface area contributed by atoms with E-state index in [4.69, 9.17) is 17.3 Å². The molecule has 0 aliphatic carbocycles. The molecule has 0 saturated heterocycles. The maximum atomic E-state index is 11.8. The van der Waals surface area contributed by atoms with Gasteiger partial charge in [0.15, 0.2) is 11.5 Å². The van der Waals surface area contributed by atoms with E-state index < -0.39 is 37.5 Å². The van der Waals surface area contributed by atoms with E-state index in [-0.39, 0.29) is 51.2 Å². The van der Waals surface area contributed by atoms with Gasteiger partial charge in [0, 0.05) is 0 Å². The minimum Gasteiger partial charge on any atom is -0.744 e. The van der Waals surface area contributed by atoms with Gasteiger partial charge >= 0.3 is 29.6 Å². The Kier molecular flexibility index (Phi) is 8.04. The van der Waals surface area contributed by atoms with Crippen LogP contribution < -0.4 is 40.0 Å². The van der Waals surface area contributed by atoms with Crippen molar-refractivity contribution in [2.75, 3.05) is 12.0 Å². The summed E-state index contributed by atoms with van der Waals surface area (Å²) in [6, 6.07) is 2.34. The summed E-state index contributed by atoms with van der Waals surface area (Å²) in [6.07, 6.45) is 0.836. The van der Waals surface area contributed by atoms with Crippen molar-refractivity contribution >= 4 is 75.8 Å². The first-order chi connectivity index (χ1) is 14.2. The third-order valence-corrected chi connectivity index (χ3v) is 6.46. The molecular formula is C14H13ClN7NaO6S3. The Hall–Kier alpha value is -1.66. The van der Waals surface area contributed by atoms with Crippen molar-refractivity contribution in [1.29, 1.82) is 0 Å². The van der Waals surface area contributed by atoms with Crippen molar-refractivity contribution in [3.05, 3.63) is 22.8 Å². The number of hydrogen-bond donors (Lipinski definition) is 2. The number of anilines is 1. The summed E-state index contributed by atoms with van der Waals surface area (Å²) in [7, 11) is -8.49. The molecule has 3 N–H and O–H groups in total. The number of carbonyl (C=O) groups excluding carboxylic acids is 1. The smallest absolute Gasteiger partial charge is 0.744 e. The van der Waals surface area contributed by atoms with Gasteiger partial charge in [-0.15, -0.1) is 10.2 Å². The third-order valence-electron chi connectivity index (χ3n) is 3.66. The second-order valence-corrected chi connectivity index (χ2v) is 10.7. The zero-order valence-electron chi connectivity index (χ0n) is 16.7. The summed E-state index contributed by atoms with van der Waals surface area (Å²) in [4.78, 5) is 15.3. The molecule has 0 unspecified atom stereocenters. The number of thiazole rings is 1. The van der Waals surface area contributed by atoms with E-state index in [0.29, 0.717) is 15.9 Å². The van der Waals surface area contributed by atoms with Crippen molar-refractivity contribution in [1.82, 2.24) is 19.5 Å². The third kappa shape index (κ3) is 6.22. The molecular weight excluding hydrogens is 517 g/mol. The molecule has 2 aromatic heterocycles. The first-order valence-electron chi connectivity index (χ1n) is 8.06. The van der Waals surface area contributed by atoms with Crippen molar-refractivity contribution in [2.24, 2.45) is 10.2 Å². The number of nitrogens with two attached hydrogens (primary N) is 1. The van der Waals surface area contributed by atoms with Gasteiger partial charge in [0.1, 0.15) is 16.7 Å². The van der Waals surface area contributed by atoms with Gasteiger partial charge in [0.25, 0.3) is 5.91 Å². The summed E-state index contributed by atoms with van der Waals surface area (Å²) in [5, 5.41) is 11.8. The first-order valence-corrected chi connectivity index (χ1v) is 12.6. The molecule has 0 fully saturated rings. The Morgan fingerprint density at radius 3 is 2.56 bits per heavy atom. The van der Waals surface area contributed by atoms with Gasteiger partial charge in [-0.1, -0.05) is 22.9 Å². The molecule has 32 heavy (non-hydrogen) atoms. The second kappa shape index (κ2) is 9.68. The summed E-state index contributed by atoms with van der Waals surface area (Å²) < 4.78 is 59.3. The van der Waals surface area contributed by atoms with Crippen LogP contribution in [0, 0.1) is 6.92 Å². The number of hydrogen-bond acceptors (Lipinski definition) is 12. The number of amides is 1. The van der Waals surface area contributed by atoms with Crippen LogP contribution in [0.4, 0.5) is 16.6 Å². The fourth-order valence-electron chi connectivity index (χ4n) is 2.45. The van der Waals surface area contributed by atoms with Crippen LogP contribution in [-0.4, -0.2) is 48.3 Å². The van der Waals surface area contributed by atoms with Crippen LogP contribution in [0.15, 0.2) is 27.3 Å². The number of carbonyl (C=O) groups is 1. The number of aromatic nitrogens is 3. The quantitative estimate of drug-likeness (QED) is 0.215. The van der Waals surface area contributed by atoms with E-state index in [9.17, 15) is 26.2 Å². The summed E-state index contributed by atoms with van der Waals surface area (Å²) in [5.74, 6) is -0.874. The van der Waals surface area contributed by atoms with Crippen molar-refractivity contribution in [3.63, 3.8) is 0 Å². The van der Waals surface area contributed by atoms with Crippen LogP contribution in [0.2, 0.25) is 5.02 Å². The zero-order valence-corrected chi connectivity index (χ0v) is 21.9. The number of fused-ring (bicyclic) bond motifs is 1. The predicted molar refractivity (Wildman–Crippen MR) is 111 cm³/mol. The van der Waals surface area contributed by atoms with Crippen molar-refractivity contribution in [3.8, 4) is 0 Å². The van der Waals surface area contributed by atoms with Crippen molar-refractivity contribution in [2.45, 2.75) is 18.4 Å². The van der Waals surface area contributed by atoms with Gasteiger partial charge in [-0.3, -0.25) is 9.52 Å². The molecule has 0 aliphatic rings. The maximum Gasteiger partial charge on any atom is 1.00 e. The van der Waals surface area contributed by atoms with Crippen LogP contribution in [0.1, 0.15) is 5.69 Å². The number of nitrogen functional groups attached to an aromatic ring is 1. The predicted octanol–water partition coefficient (Wildman–Crippen LogP) is -1.56.